The molecule has 5 heteroatoms. The van der Waals surface area contributed by atoms with Crippen LogP contribution in [0.1, 0.15) is 23.7 Å². The van der Waals surface area contributed by atoms with Gasteiger partial charge in [0.15, 0.2) is 0 Å². The highest BCUT2D eigenvalue weighted by atomic mass is 15.2. The van der Waals surface area contributed by atoms with E-state index in [4.69, 9.17) is 0 Å². The summed E-state index contributed by atoms with van der Waals surface area (Å²) in [4.78, 5) is 11.4. The van der Waals surface area contributed by atoms with Gasteiger partial charge in [-0.3, -0.25) is 4.90 Å². The van der Waals surface area contributed by atoms with Crippen LogP contribution in [-0.2, 0) is 13.0 Å². The third-order valence-electron chi connectivity index (χ3n) is 4.24. The molecule has 0 bridgehead atoms. The predicted molar refractivity (Wildman–Crippen MR) is 94.0 cm³/mol. The average molecular weight is 311 g/mol. The Balaban J connectivity index is 1.62. The highest BCUT2D eigenvalue weighted by Crippen LogP contribution is 2.16. The summed E-state index contributed by atoms with van der Waals surface area (Å²) in [7, 11) is 0. The summed E-state index contributed by atoms with van der Waals surface area (Å²) in [6.07, 6.45) is 2.81. The maximum Gasteiger partial charge on any atom is 0.227 e. The van der Waals surface area contributed by atoms with Crippen LogP contribution in [0.2, 0.25) is 0 Å². The van der Waals surface area contributed by atoms with E-state index in [1.54, 1.807) is 0 Å². The van der Waals surface area contributed by atoms with Crippen LogP contribution in [0, 0.1) is 6.92 Å². The zero-order valence-electron chi connectivity index (χ0n) is 14.0. The fourth-order valence-electron chi connectivity index (χ4n) is 2.85. The molecule has 0 atom stereocenters. The number of nitrogens with zero attached hydrogens (tertiary/aromatic N) is 3. The number of aryl methyl sites for hydroxylation is 2. The van der Waals surface area contributed by atoms with Gasteiger partial charge in [0.05, 0.1) is 0 Å². The number of aromatic nitrogens is 2. The molecule has 122 valence electrons. The molecule has 1 aromatic heterocycles. The van der Waals surface area contributed by atoms with Gasteiger partial charge in [-0.15, -0.1) is 0 Å². The van der Waals surface area contributed by atoms with E-state index in [0.29, 0.717) is 5.95 Å². The van der Waals surface area contributed by atoms with Gasteiger partial charge in [-0.05, 0) is 36.6 Å². The van der Waals surface area contributed by atoms with Gasteiger partial charge < -0.3 is 10.6 Å². The van der Waals surface area contributed by atoms with Gasteiger partial charge in [0.25, 0.3) is 0 Å². The average Bonchev–Trinajstić information content (AvgIpc) is 2.59. The SMILES string of the molecule is CCc1nc(Nc2ccc(CN3CCNCC3)cc2)ncc1C. The first-order chi connectivity index (χ1) is 11.2. The molecule has 0 unspecified atom stereocenters. The highest BCUT2D eigenvalue weighted by Gasteiger charge is 2.09. The maximum atomic E-state index is 4.56. The summed E-state index contributed by atoms with van der Waals surface area (Å²) in [6.45, 7) is 9.60. The summed E-state index contributed by atoms with van der Waals surface area (Å²) in [5.74, 6) is 0.669. The molecule has 0 amide bonds. The first-order valence-corrected chi connectivity index (χ1v) is 8.36. The lowest BCUT2D eigenvalue weighted by Gasteiger charge is -2.27. The van der Waals surface area contributed by atoms with Crippen molar-refractivity contribution < 1.29 is 0 Å². The Labute approximate surface area is 138 Å². The van der Waals surface area contributed by atoms with Crippen molar-refractivity contribution in [3.8, 4) is 0 Å². The van der Waals surface area contributed by atoms with E-state index in [-0.39, 0.29) is 0 Å². The van der Waals surface area contributed by atoms with Crippen LogP contribution in [0.15, 0.2) is 30.5 Å². The van der Waals surface area contributed by atoms with Gasteiger partial charge in [-0.1, -0.05) is 19.1 Å². The molecule has 2 N–H and O–H groups in total. The molecule has 0 radical (unpaired) electrons. The Hall–Kier alpha value is -1.98. The van der Waals surface area contributed by atoms with Crippen molar-refractivity contribution in [3.05, 3.63) is 47.3 Å². The number of anilines is 2. The normalized spacial score (nSPS) is 15.6. The standard InChI is InChI=1S/C18H25N5/c1-3-17-14(2)12-20-18(22-17)21-16-6-4-15(5-7-16)13-23-10-8-19-9-11-23/h4-7,12,19H,3,8-11,13H2,1-2H3,(H,20,21,22). The summed E-state index contributed by atoms with van der Waals surface area (Å²) >= 11 is 0. The van der Waals surface area contributed by atoms with Gasteiger partial charge >= 0.3 is 0 Å². The molecular weight excluding hydrogens is 286 g/mol. The minimum Gasteiger partial charge on any atom is -0.324 e. The first kappa shape index (κ1) is 15.9. The summed E-state index contributed by atoms with van der Waals surface area (Å²) < 4.78 is 0. The third-order valence-corrected chi connectivity index (χ3v) is 4.24. The van der Waals surface area contributed by atoms with Crippen molar-refractivity contribution in [1.29, 1.82) is 0 Å². The molecule has 0 saturated carbocycles. The van der Waals surface area contributed by atoms with Crippen LogP contribution >= 0.6 is 0 Å². The van der Waals surface area contributed by atoms with Crippen LogP contribution in [0.3, 0.4) is 0 Å². The molecule has 1 aliphatic rings. The number of benzene rings is 1. The van der Waals surface area contributed by atoms with E-state index in [9.17, 15) is 0 Å². The molecule has 2 heterocycles. The van der Waals surface area contributed by atoms with E-state index in [2.05, 4.69) is 56.7 Å². The zero-order valence-corrected chi connectivity index (χ0v) is 14.0. The number of rotatable bonds is 5. The van der Waals surface area contributed by atoms with E-state index in [0.717, 1.165) is 56.1 Å². The second-order valence-electron chi connectivity index (χ2n) is 6.02. The number of hydrogen-bond donors (Lipinski definition) is 2. The number of nitrogens with one attached hydrogen (secondary N) is 2. The molecule has 1 fully saturated rings. The predicted octanol–water partition coefficient (Wildman–Crippen LogP) is 2.50. The fraction of sp³-hybridized carbons (Fsp3) is 0.444. The minimum absolute atomic E-state index is 0.669. The first-order valence-electron chi connectivity index (χ1n) is 8.36. The van der Waals surface area contributed by atoms with Crippen LogP contribution in [0.4, 0.5) is 11.6 Å². The van der Waals surface area contributed by atoms with Crippen molar-refractivity contribution >= 4 is 11.6 Å². The van der Waals surface area contributed by atoms with Crippen molar-refractivity contribution in [2.75, 3.05) is 31.5 Å². The molecular formula is C18H25N5. The largest absolute Gasteiger partial charge is 0.324 e. The Morgan fingerprint density at radius 2 is 1.91 bits per heavy atom. The van der Waals surface area contributed by atoms with E-state index < -0.39 is 0 Å². The molecule has 0 spiro atoms. The fourth-order valence-corrected chi connectivity index (χ4v) is 2.85. The second kappa shape index (κ2) is 7.53. The zero-order chi connectivity index (χ0) is 16.1. The molecule has 23 heavy (non-hydrogen) atoms. The smallest absolute Gasteiger partial charge is 0.227 e. The maximum absolute atomic E-state index is 4.56. The second-order valence-corrected chi connectivity index (χ2v) is 6.02. The molecule has 5 nitrogen and oxygen atoms in total. The summed E-state index contributed by atoms with van der Waals surface area (Å²) in [6, 6.07) is 8.57. The third kappa shape index (κ3) is 4.27. The van der Waals surface area contributed by atoms with Crippen molar-refractivity contribution in [2.24, 2.45) is 0 Å². The quantitative estimate of drug-likeness (QED) is 0.888. The lowest BCUT2D eigenvalue weighted by atomic mass is 10.2. The highest BCUT2D eigenvalue weighted by molar-refractivity contribution is 5.53. The Morgan fingerprint density at radius 3 is 2.61 bits per heavy atom. The van der Waals surface area contributed by atoms with Crippen molar-refractivity contribution in [3.63, 3.8) is 0 Å². The van der Waals surface area contributed by atoms with E-state index in [1.807, 2.05) is 13.1 Å². The van der Waals surface area contributed by atoms with Crippen molar-refractivity contribution in [2.45, 2.75) is 26.8 Å². The molecule has 1 aromatic carbocycles. The van der Waals surface area contributed by atoms with E-state index >= 15 is 0 Å². The Kier molecular flexibility index (Phi) is 5.20. The summed E-state index contributed by atoms with van der Waals surface area (Å²) in [5, 5.41) is 6.68. The molecule has 0 aliphatic carbocycles. The van der Waals surface area contributed by atoms with Crippen LogP contribution in [0.5, 0.6) is 0 Å². The Bertz CT molecular complexity index is 632. The molecule has 2 aromatic rings. The summed E-state index contributed by atoms with van der Waals surface area (Å²) in [5.41, 5.74) is 4.61. The molecule has 1 aliphatic heterocycles. The van der Waals surface area contributed by atoms with Crippen LogP contribution in [0.25, 0.3) is 0 Å². The van der Waals surface area contributed by atoms with Gasteiger partial charge in [0.2, 0.25) is 5.95 Å². The molecule has 1 saturated heterocycles. The van der Waals surface area contributed by atoms with E-state index in [1.165, 1.54) is 5.56 Å². The lowest BCUT2D eigenvalue weighted by molar-refractivity contribution is 0.233. The number of piperazine rings is 1. The number of hydrogen-bond acceptors (Lipinski definition) is 5. The van der Waals surface area contributed by atoms with Crippen molar-refractivity contribution in [1.82, 2.24) is 20.2 Å². The van der Waals surface area contributed by atoms with Crippen LogP contribution < -0.4 is 10.6 Å². The van der Waals surface area contributed by atoms with Gasteiger partial charge in [-0.25, -0.2) is 9.97 Å². The Morgan fingerprint density at radius 1 is 1.17 bits per heavy atom. The van der Waals surface area contributed by atoms with Gasteiger partial charge in [0, 0.05) is 50.3 Å². The van der Waals surface area contributed by atoms with Crippen LogP contribution in [-0.4, -0.2) is 41.0 Å². The molecule has 3 rings (SSSR count). The minimum atomic E-state index is 0.669. The topological polar surface area (TPSA) is 53.1 Å². The monoisotopic (exact) mass is 311 g/mol. The van der Waals surface area contributed by atoms with Gasteiger partial charge in [-0.2, -0.15) is 0 Å². The van der Waals surface area contributed by atoms with Gasteiger partial charge in [0.1, 0.15) is 0 Å². The lowest BCUT2D eigenvalue weighted by Crippen LogP contribution is -2.42.